The predicted octanol–water partition coefficient (Wildman–Crippen LogP) is 3.21. The fraction of sp³-hybridized carbons (Fsp3) is 0. The highest BCUT2D eigenvalue weighted by Crippen LogP contribution is 2.28. The first-order valence-corrected chi connectivity index (χ1v) is 5.96. The molecule has 0 atom stereocenters. The third-order valence-corrected chi connectivity index (χ3v) is 2.75. The van der Waals surface area contributed by atoms with Crippen LogP contribution >= 0.6 is 15.9 Å². The Labute approximate surface area is 117 Å². The van der Waals surface area contributed by atoms with E-state index in [1.807, 2.05) is 6.07 Å². The van der Waals surface area contributed by atoms with E-state index in [4.69, 9.17) is 15.1 Å². The van der Waals surface area contributed by atoms with Crippen LogP contribution in [-0.4, -0.2) is 16.1 Å². The molecule has 0 unspecified atom stereocenters. The number of hydrogen-bond donors (Lipinski definition) is 1. The second kappa shape index (κ2) is 5.50. The van der Waals surface area contributed by atoms with Gasteiger partial charge < -0.3 is 9.84 Å². The Morgan fingerprint density at radius 2 is 2.16 bits per heavy atom. The fourth-order valence-corrected chi connectivity index (χ4v) is 1.73. The second-order valence-corrected chi connectivity index (χ2v) is 4.45. The summed E-state index contributed by atoms with van der Waals surface area (Å²) in [4.78, 5) is 14.9. The number of pyridine rings is 1. The van der Waals surface area contributed by atoms with E-state index in [2.05, 4.69) is 20.9 Å². The summed E-state index contributed by atoms with van der Waals surface area (Å²) in [6.07, 6.45) is 1.37. The highest BCUT2D eigenvalue weighted by molar-refractivity contribution is 9.10. The Balaban J connectivity index is 2.34. The highest BCUT2D eigenvalue weighted by Gasteiger charge is 2.12. The lowest BCUT2D eigenvalue weighted by Gasteiger charge is -2.08. The van der Waals surface area contributed by atoms with Crippen molar-refractivity contribution in [2.45, 2.75) is 0 Å². The van der Waals surface area contributed by atoms with Crippen molar-refractivity contribution in [1.82, 2.24) is 4.98 Å². The molecule has 1 aromatic carbocycles. The number of carboxylic acids is 1. The molecule has 1 aromatic heterocycles. The van der Waals surface area contributed by atoms with E-state index in [0.717, 1.165) is 0 Å². The van der Waals surface area contributed by atoms with Gasteiger partial charge in [-0.2, -0.15) is 5.26 Å². The van der Waals surface area contributed by atoms with Gasteiger partial charge in [0.15, 0.2) is 0 Å². The van der Waals surface area contributed by atoms with Crippen molar-refractivity contribution < 1.29 is 14.6 Å². The Hall–Kier alpha value is -2.39. The first kappa shape index (κ1) is 13.1. The number of ether oxygens (including phenoxy) is 1. The van der Waals surface area contributed by atoms with Gasteiger partial charge >= 0.3 is 5.97 Å². The maximum atomic E-state index is 11.1. The zero-order valence-electron chi connectivity index (χ0n) is 9.50. The number of rotatable bonds is 3. The van der Waals surface area contributed by atoms with Crippen LogP contribution in [0, 0.1) is 11.3 Å². The van der Waals surface area contributed by atoms with Gasteiger partial charge in [0.1, 0.15) is 28.8 Å². The van der Waals surface area contributed by atoms with E-state index in [1.165, 1.54) is 18.3 Å². The summed E-state index contributed by atoms with van der Waals surface area (Å²) in [5, 5.41) is 17.7. The van der Waals surface area contributed by atoms with Crippen LogP contribution in [0.5, 0.6) is 11.5 Å². The number of aromatic carboxylic acids is 1. The number of carboxylic acid groups (broad SMARTS) is 1. The number of hydrogen-bond acceptors (Lipinski definition) is 4. The lowest BCUT2D eigenvalue weighted by molar-refractivity contribution is 0.0694. The molecule has 0 amide bonds. The van der Waals surface area contributed by atoms with Crippen LogP contribution in [-0.2, 0) is 0 Å². The lowest BCUT2D eigenvalue weighted by atomic mass is 10.2. The third-order valence-electron chi connectivity index (χ3n) is 2.25. The third kappa shape index (κ3) is 3.09. The summed E-state index contributed by atoms with van der Waals surface area (Å²) in [6.45, 7) is 0. The van der Waals surface area contributed by atoms with E-state index < -0.39 is 5.97 Å². The van der Waals surface area contributed by atoms with Crippen molar-refractivity contribution in [2.75, 3.05) is 0 Å². The second-order valence-electron chi connectivity index (χ2n) is 3.54. The van der Waals surface area contributed by atoms with Gasteiger partial charge in [-0.25, -0.2) is 9.78 Å². The van der Waals surface area contributed by atoms with Crippen LogP contribution in [0.3, 0.4) is 0 Å². The van der Waals surface area contributed by atoms with Crippen LogP contribution < -0.4 is 4.74 Å². The molecule has 0 spiro atoms. The lowest BCUT2D eigenvalue weighted by Crippen LogP contribution is -2.00. The minimum absolute atomic E-state index is 0.0487. The molecular weight excluding hydrogens is 312 g/mol. The van der Waals surface area contributed by atoms with Crippen LogP contribution in [0.4, 0.5) is 0 Å². The zero-order chi connectivity index (χ0) is 13.8. The molecule has 19 heavy (non-hydrogen) atoms. The van der Waals surface area contributed by atoms with Gasteiger partial charge in [-0.05, 0) is 30.3 Å². The standard InChI is InChI=1S/C13H7BrN2O3/c14-8-1-4-11(13(17)18)12(5-8)19-10-3-2-9(6-15)16-7-10/h1-5,7H,(H,17,18). The highest BCUT2D eigenvalue weighted by atomic mass is 79.9. The molecule has 6 heteroatoms. The summed E-state index contributed by atoms with van der Waals surface area (Å²) >= 11 is 3.25. The van der Waals surface area contributed by atoms with Gasteiger partial charge in [-0.3, -0.25) is 0 Å². The van der Waals surface area contributed by atoms with Crippen molar-refractivity contribution in [1.29, 1.82) is 5.26 Å². The molecule has 0 aliphatic heterocycles. The number of aromatic nitrogens is 1. The van der Waals surface area contributed by atoms with E-state index >= 15 is 0 Å². The van der Waals surface area contributed by atoms with E-state index in [0.29, 0.717) is 10.2 Å². The first-order chi connectivity index (χ1) is 9.10. The minimum Gasteiger partial charge on any atom is -0.478 e. The molecule has 0 aliphatic rings. The molecule has 1 N–H and O–H groups in total. The summed E-state index contributed by atoms with van der Waals surface area (Å²) in [6, 6.07) is 9.55. The van der Waals surface area contributed by atoms with E-state index in [9.17, 15) is 4.79 Å². The van der Waals surface area contributed by atoms with Crippen molar-refractivity contribution in [3.63, 3.8) is 0 Å². The Morgan fingerprint density at radius 3 is 2.74 bits per heavy atom. The quantitative estimate of drug-likeness (QED) is 0.939. The van der Waals surface area contributed by atoms with Crippen LogP contribution in [0.2, 0.25) is 0 Å². The van der Waals surface area contributed by atoms with Gasteiger partial charge in [0, 0.05) is 4.47 Å². The summed E-state index contributed by atoms with van der Waals surface area (Å²) in [5.41, 5.74) is 0.313. The predicted molar refractivity (Wildman–Crippen MR) is 70.1 cm³/mol. The number of carbonyl (C=O) groups is 1. The Kier molecular flexibility index (Phi) is 3.78. The molecule has 0 radical (unpaired) electrons. The molecule has 2 aromatic rings. The van der Waals surface area contributed by atoms with Gasteiger partial charge in [0.05, 0.1) is 6.20 Å². The van der Waals surface area contributed by atoms with Crippen molar-refractivity contribution >= 4 is 21.9 Å². The van der Waals surface area contributed by atoms with Crippen LogP contribution in [0.15, 0.2) is 41.0 Å². The maximum absolute atomic E-state index is 11.1. The van der Waals surface area contributed by atoms with Gasteiger partial charge in [-0.15, -0.1) is 0 Å². The normalized spacial score (nSPS) is 9.68. The fourth-order valence-electron chi connectivity index (χ4n) is 1.39. The average Bonchev–Trinajstić information content (AvgIpc) is 2.39. The summed E-state index contributed by atoms with van der Waals surface area (Å²) < 4.78 is 6.17. The zero-order valence-corrected chi connectivity index (χ0v) is 11.1. The molecule has 0 fully saturated rings. The molecule has 0 aliphatic carbocycles. The van der Waals surface area contributed by atoms with Crippen molar-refractivity contribution in [3.05, 3.63) is 52.3 Å². The largest absolute Gasteiger partial charge is 0.478 e. The minimum atomic E-state index is -1.08. The number of nitriles is 1. The van der Waals surface area contributed by atoms with Crippen LogP contribution in [0.1, 0.15) is 16.1 Å². The Bertz CT molecular complexity index is 663. The molecular formula is C13H7BrN2O3. The number of benzene rings is 1. The van der Waals surface area contributed by atoms with Crippen molar-refractivity contribution in [2.24, 2.45) is 0 Å². The molecule has 5 nitrogen and oxygen atoms in total. The average molecular weight is 319 g/mol. The SMILES string of the molecule is N#Cc1ccc(Oc2cc(Br)ccc2C(=O)O)cn1. The Morgan fingerprint density at radius 1 is 1.37 bits per heavy atom. The van der Waals surface area contributed by atoms with E-state index in [-0.39, 0.29) is 17.0 Å². The van der Waals surface area contributed by atoms with E-state index in [1.54, 1.807) is 18.2 Å². The smallest absolute Gasteiger partial charge is 0.339 e. The van der Waals surface area contributed by atoms with Crippen LogP contribution in [0.25, 0.3) is 0 Å². The number of nitrogens with zero attached hydrogens (tertiary/aromatic N) is 2. The molecule has 2 rings (SSSR count). The summed E-state index contributed by atoms with van der Waals surface area (Å²) in [5.74, 6) is -0.517. The van der Waals surface area contributed by atoms with Gasteiger partial charge in [0.2, 0.25) is 0 Å². The number of halogens is 1. The molecule has 94 valence electrons. The molecule has 1 heterocycles. The topological polar surface area (TPSA) is 83.2 Å². The monoisotopic (exact) mass is 318 g/mol. The molecule has 0 saturated carbocycles. The van der Waals surface area contributed by atoms with Gasteiger partial charge in [0.25, 0.3) is 0 Å². The first-order valence-electron chi connectivity index (χ1n) is 5.17. The van der Waals surface area contributed by atoms with Gasteiger partial charge in [-0.1, -0.05) is 15.9 Å². The van der Waals surface area contributed by atoms with Crippen molar-refractivity contribution in [3.8, 4) is 17.6 Å². The summed E-state index contributed by atoms with van der Waals surface area (Å²) in [7, 11) is 0. The molecule has 0 saturated heterocycles. The maximum Gasteiger partial charge on any atom is 0.339 e. The molecule has 0 bridgehead atoms.